The molecule has 0 radical (unpaired) electrons. The molecule has 1 N–H and O–H groups in total. The number of rotatable bonds is 4. The van der Waals surface area contributed by atoms with Gasteiger partial charge in [-0.15, -0.1) is 0 Å². The van der Waals surface area contributed by atoms with Crippen molar-refractivity contribution in [1.29, 1.82) is 0 Å². The van der Waals surface area contributed by atoms with Gasteiger partial charge in [0.05, 0.1) is 4.87 Å². The Morgan fingerprint density at radius 3 is 2.38 bits per heavy atom. The molecular weight excluding hydrogens is 320 g/mol. The fraction of sp³-hybridized carbons (Fsp3) is 0.263. The van der Waals surface area contributed by atoms with Gasteiger partial charge in [0.15, 0.2) is 0 Å². The molecule has 2 aromatic rings. The molecule has 24 heavy (non-hydrogen) atoms. The van der Waals surface area contributed by atoms with Crippen LogP contribution in [0, 0.1) is 0 Å². The van der Waals surface area contributed by atoms with Crippen LogP contribution in [-0.4, -0.2) is 21.6 Å². The summed E-state index contributed by atoms with van der Waals surface area (Å²) in [5, 5.41) is 2.87. The van der Waals surface area contributed by atoms with Crippen molar-refractivity contribution < 1.29 is 9.59 Å². The minimum Gasteiger partial charge on any atom is -0.340 e. The summed E-state index contributed by atoms with van der Waals surface area (Å²) in [5.74, 6) is -0.353. The molecule has 0 aromatic heterocycles. The SMILES string of the molecule is CC(C)(S)NC(=O)C(c1ccccc1)N1Cc2ccccc2C1=O. The molecule has 1 aliphatic rings. The lowest BCUT2D eigenvalue weighted by Gasteiger charge is -2.30. The Morgan fingerprint density at radius 2 is 1.75 bits per heavy atom. The molecule has 0 bridgehead atoms. The van der Waals surface area contributed by atoms with E-state index in [1.807, 2.05) is 48.5 Å². The number of hydrogen-bond donors (Lipinski definition) is 2. The number of nitrogens with one attached hydrogen (secondary N) is 1. The van der Waals surface area contributed by atoms with Gasteiger partial charge in [-0.3, -0.25) is 9.59 Å². The van der Waals surface area contributed by atoms with Crippen molar-refractivity contribution in [1.82, 2.24) is 10.2 Å². The summed E-state index contributed by atoms with van der Waals surface area (Å²) in [4.78, 5) is 26.7. The Bertz CT molecular complexity index is 768. The van der Waals surface area contributed by atoms with Gasteiger partial charge in [-0.05, 0) is 31.0 Å². The van der Waals surface area contributed by atoms with Crippen molar-refractivity contribution in [2.24, 2.45) is 0 Å². The zero-order valence-corrected chi connectivity index (χ0v) is 14.6. The maximum atomic E-state index is 12.9. The Morgan fingerprint density at radius 1 is 1.12 bits per heavy atom. The van der Waals surface area contributed by atoms with E-state index in [1.54, 1.807) is 24.8 Å². The minimum atomic E-state index is -0.683. The molecule has 0 spiro atoms. The van der Waals surface area contributed by atoms with Crippen molar-refractivity contribution in [3.63, 3.8) is 0 Å². The molecule has 3 rings (SSSR count). The third-order valence-corrected chi connectivity index (χ3v) is 4.07. The van der Waals surface area contributed by atoms with E-state index in [0.29, 0.717) is 12.1 Å². The van der Waals surface area contributed by atoms with E-state index in [1.165, 1.54) is 0 Å². The molecule has 0 saturated heterocycles. The van der Waals surface area contributed by atoms with Gasteiger partial charge in [-0.1, -0.05) is 48.5 Å². The van der Waals surface area contributed by atoms with Crippen molar-refractivity contribution in [2.75, 3.05) is 0 Å². The van der Waals surface area contributed by atoms with Gasteiger partial charge in [0, 0.05) is 12.1 Å². The second kappa shape index (κ2) is 6.32. The molecule has 1 unspecified atom stereocenters. The smallest absolute Gasteiger partial charge is 0.255 e. The predicted molar refractivity (Wildman–Crippen MR) is 96.7 cm³/mol. The summed E-state index contributed by atoms with van der Waals surface area (Å²) in [7, 11) is 0. The number of carbonyl (C=O) groups excluding carboxylic acids is 2. The summed E-state index contributed by atoms with van der Waals surface area (Å²) in [6.45, 7) is 4.03. The van der Waals surface area contributed by atoms with Crippen molar-refractivity contribution in [3.8, 4) is 0 Å². The molecule has 0 saturated carbocycles. The molecular formula is C19H20N2O2S. The fourth-order valence-corrected chi connectivity index (χ4v) is 3.07. The van der Waals surface area contributed by atoms with Crippen LogP contribution in [0.25, 0.3) is 0 Å². The van der Waals surface area contributed by atoms with E-state index in [4.69, 9.17) is 0 Å². The summed E-state index contributed by atoms with van der Waals surface area (Å²) in [5.41, 5.74) is 2.39. The van der Waals surface area contributed by atoms with Crippen LogP contribution in [0.3, 0.4) is 0 Å². The molecule has 4 nitrogen and oxygen atoms in total. The summed E-state index contributed by atoms with van der Waals surface area (Å²) in [6, 6.07) is 16.2. The van der Waals surface area contributed by atoms with Crippen LogP contribution >= 0.6 is 12.6 Å². The van der Waals surface area contributed by atoms with Gasteiger partial charge in [0.1, 0.15) is 6.04 Å². The van der Waals surface area contributed by atoms with Gasteiger partial charge in [-0.25, -0.2) is 0 Å². The first kappa shape index (κ1) is 16.6. The largest absolute Gasteiger partial charge is 0.340 e. The maximum Gasteiger partial charge on any atom is 0.255 e. The summed E-state index contributed by atoms with van der Waals surface area (Å²) >= 11 is 4.38. The van der Waals surface area contributed by atoms with Crippen LogP contribution < -0.4 is 5.32 Å². The molecule has 1 atom stereocenters. The first-order valence-electron chi connectivity index (χ1n) is 7.85. The van der Waals surface area contributed by atoms with E-state index >= 15 is 0 Å². The molecule has 124 valence electrons. The van der Waals surface area contributed by atoms with Crippen LogP contribution in [0.15, 0.2) is 54.6 Å². The molecule has 1 heterocycles. The first-order chi connectivity index (χ1) is 11.4. The van der Waals surface area contributed by atoms with Crippen LogP contribution in [0.5, 0.6) is 0 Å². The third kappa shape index (κ3) is 3.31. The molecule has 1 aliphatic heterocycles. The van der Waals surface area contributed by atoms with Crippen LogP contribution in [0.1, 0.15) is 41.4 Å². The number of amides is 2. The lowest BCUT2D eigenvalue weighted by molar-refractivity contribution is -0.126. The Kier molecular flexibility index (Phi) is 4.37. The number of benzene rings is 2. The number of hydrogen-bond acceptors (Lipinski definition) is 3. The highest BCUT2D eigenvalue weighted by molar-refractivity contribution is 7.81. The van der Waals surface area contributed by atoms with E-state index in [9.17, 15) is 9.59 Å². The number of nitrogens with zero attached hydrogens (tertiary/aromatic N) is 1. The van der Waals surface area contributed by atoms with Crippen molar-refractivity contribution in [3.05, 3.63) is 71.3 Å². The van der Waals surface area contributed by atoms with E-state index < -0.39 is 10.9 Å². The van der Waals surface area contributed by atoms with Gasteiger partial charge in [-0.2, -0.15) is 12.6 Å². The number of thiol groups is 1. The lowest BCUT2D eigenvalue weighted by atomic mass is 10.0. The number of fused-ring (bicyclic) bond motifs is 1. The normalized spacial score (nSPS) is 15.1. The zero-order chi connectivity index (χ0) is 17.3. The molecule has 5 heteroatoms. The monoisotopic (exact) mass is 340 g/mol. The highest BCUT2D eigenvalue weighted by Crippen LogP contribution is 2.32. The average molecular weight is 340 g/mol. The van der Waals surface area contributed by atoms with Gasteiger partial charge in [0.25, 0.3) is 5.91 Å². The highest BCUT2D eigenvalue weighted by Gasteiger charge is 2.38. The minimum absolute atomic E-state index is 0.119. The number of carbonyl (C=O) groups is 2. The second-order valence-electron chi connectivity index (χ2n) is 6.45. The quantitative estimate of drug-likeness (QED) is 0.663. The second-order valence-corrected chi connectivity index (χ2v) is 7.57. The van der Waals surface area contributed by atoms with E-state index in [2.05, 4.69) is 17.9 Å². The molecule has 0 fully saturated rings. The average Bonchev–Trinajstić information content (AvgIpc) is 2.84. The van der Waals surface area contributed by atoms with Gasteiger partial charge in [0.2, 0.25) is 5.91 Å². The van der Waals surface area contributed by atoms with Crippen LogP contribution in [0.2, 0.25) is 0 Å². The zero-order valence-electron chi connectivity index (χ0n) is 13.7. The van der Waals surface area contributed by atoms with Gasteiger partial charge >= 0.3 is 0 Å². The summed E-state index contributed by atoms with van der Waals surface area (Å²) in [6.07, 6.45) is 0. The van der Waals surface area contributed by atoms with Crippen LogP contribution in [0.4, 0.5) is 0 Å². The highest BCUT2D eigenvalue weighted by atomic mass is 32.1. The standard InChI is InChI=1S/C19H20N2O2S/c1-19(2,24)20-17(22)16(13-8-4-3-5-9-13)21-12-14-10-6-7-11-15(14)18(21)23/h3-11,16,24H,12H2,1-2H3,(H,20,22). The van der Waals surface area contributed by atoms with E-state index in [0.717, 1.165) is 11.1 Å². The molecule has 0 aliphatic carbocycles. The Hall–Kier alpha value is -2.27. The Balaban J connectivity index is 1.98. The first-order valence-corrected chi connectivity index (χ1v) is 8.30. The topological polar surface area (TPSA) is 49.4 Å². The Labute approximate surface area is 147 Å². The van der Waals surface area contributed by atoms with Crippen molar-refractivity contribution >= 4 is 24.4 Å². The van der Waals surface area contributed by atoms with Crippen LogP contribution in [-0.2, 0) is 11.3 Å². The maximum absolute atomic E-state index is 12.9. The molecule has 2 amide bonds. The van der Waals surface area contributed by atoms with Gasteiger partial charge < -0.3 is 10.2 Å². The lowest BCUT2D eigenvalue weighted by Crippen LogP contribution is -2.46. The molecule has 2 aromatic carbocycles. The summed E-state index contributed by atoms with van der Waals surface area (Å²) < 4.78 is 0. The van der Waals surface area contributed by atoms with E-state index in [-0.39, 0.29) is 11.8 Å². The fourth-order valence-electron chi connectivity index (χ4n) is 2.96. The van der Waals surface area contributed by atoms with Crippen molar-refractivity contribution in [2.45, 2.75) is 31.3 Å². The predicted octanol–water partition coefficient (Wildman–Crippen LogP) is 3.17. The third-order valence-electron chi connectivity index (χ3n) is 3.95.